The number of anilines is 1. The number of alkyl halides is 3. The molecule has 1 fully saturated rings. The fourth-order valence-electron chi connectivity index (χ4n) is 3.91. The van der Waals surface area contributed by atoms with E-state index in [-0.39, 0.29) is 17.4 Å². The Labute approximate surface area is 199 Å². The lowest BCUT2D eigenvalue weighted by molar-refractivity contribution is -0.144. The van der Waals surface area contributed by atoms with Gasteiger partial charge in [-0.25, -0.2) is 9.97 Å². The summed E-state index contributed by atoms with van der Waals surface area (Å²) < 4.78 is 40.6. The number of nitrogens with one attached hydrogen (secondary N) is 1. The van der Waals surface area contributed by atoms with Crippen LogP contribution < -0.4 is 10.2 Å². The minimum absolute atomic E-state index is 0.105. The third kappa shape index (κ3) is 5.37. The quantitative estimate of drug-likeness (QED) is 0.546. The van der Waals surface area contributed by atoms with Crippen LogP contribution in [0.2, 0.25) is 0 Å². The molecule has 1 unspecified atom stereocenters. The number of halogens is 3. The number of nitriles is 1. The Balaban J connectivity index is 1.51. The number of aromatic nitrogens is 2. The molecule has 1 aliphatic heterocycles. The van der Waals surface area contributed by atoms with E-state index in [9.17, 15) is 18.0 Å². The highest BCUT2D eigenvalue weighted by Gasteiger charge is 2.38. The minimum atomic E-state index is -4.70. The summed E-state index contributed by atoms with van der Waals surface area (Å²) in [6.07, 6.45) is -2.92. The van der Waals surface area contributed by atoms with E-state index in [1.807, 2.05) is 25.1 Å². The molecule has 3 heterocycles. The lowest BCUT2D eigenvalue weighted by atomic mass is 10.1. The van der Waals surface area contributed by atoms with Crippen LogP contribution in [0.4, 0.5) is 19.0 Å². The van der Waals surface area contributed by atoms with Crippen molar-refractivity contribution in [1.82, 2.24) is 15.3 Å². The normalized spacial score (nSPS) is 15.9. The molecule has 0 radical (unpaired) electrons. The van der Waals surface area contributed by atoms with Crippen LogP contribution in [0.5, 0.6) is 0 Å². The molecular weight excluding hydrogens is 463 g/mol. The molecule has 34 heavy (non-hydrogen) atoms. The predicted octanol–water partition coefficient (Wildman–Crippen LogP) is 4.73. The average Bonchev–Trinajstić information content (AvgIpc) is 3.48. The van der Waals surface area contributed by atoms with Crippen LogP contribution in [0.3, 0.4) is 0 Å². The van der Waals surface area contributed by atoms with Gasteiger partial charge in [-0.3, -0.25) is 4.79 Å². The number of hydrogen-bond donors (Lipinski definition) is 1. The van der Waals surface area contributed by atoms with Gasteiger partial charge in [-0.1, -0.05) is 12.1 Å². The number of carbonyl (C=O) groups excluding carboxylic acids is 1. The van der Waals surface area contributed by atoms with Crippen molar-refractivity contribution in [3.8, 4) is 16.6 Å². The Kier molecular flexibility index (Phi) is 6.84. The van der Waals surface area contributed by atoms with Crippen molar-refractivity contribution in [2.24, 2.45) is 0 Å². The van der Waals surface area contributed by atoms with Gasteiger partial charge in [0.25, 0.3) is 0 Å². The molecule has 1 amide bonds. The number of benzene rings is 1. The Morgan fingerprint density at radius 3 is 2.65 bits per heavy atom. The highest BCUT2D eigenvalue weighted by molar-refractivity contribution is 7.15. The molecule has 1 N–H and O–H groups in total. The molecule has 0 aliphatic carbocycles. The van der Waals surface area contributed by atoms with Crippen molar-refractivity contribution in [2.75, 3.05) is 18.0 Å². The second-order valence-electron chi connectivity index (χ2n) is 8.04. The molecule has 2 aromatic heterocycles. The van der Waals surface area contributed by atoms with Crippen LogP contribution in [-0.2, 0) is 17.4 Å². The van der Waals surface area contributed by atoms with Crippen LogP contribution in [-0.4, -0.2) is 35.0 Å². The van der Waals surface area contributed by atoms with Gasteiger partial charge in [0, 0.05) is 24.0 Å². The fraction of sp³-hybridized carbons (Fsp3) is 0.333. The van der Waals surface area contributed by atoms with Crippen molar-refractivity contribution in [3.05, 3.63) is 64.3 Å². The molecule has 1 aliphatic rings. The van der Waals surface area contributed by atoms with Crippen molar-refractivity contribution < 1.29 is 18.0 Å². The van der Waals surface area contributed by atoms with Gasteiger partial charge in [-0.05, 0) is 56.0 Å². The zero-order valence-electron chi connectivity index (χ0n) is 18.4. The second kappa shape index (κ2) is 9.81. The summed E-state index contributed by atoms with van der Waals surface area (Å²) in [6, 6.07) is 13.7. The molecule has 1 saturated heterocycles. The minimum Gasteiger partial charge on any atom is -0.354 e. The summed E-state index contributed by atoms with van der Waals surface area (Å²) in [7, 11) is 0. The van der Waals surface area contributed by atoms with E-state index in [0.29, 0.717) is 42.8 Å². The molecule has 10 heteroatoms. The maximum Gasteiger partial charge on any atom is 0.451 e. The van der Waals surface area contributed by atoms with Crippen LogP contribution in [0.1, 0.15) is 34.7 Å². The fourth-order valence-corrected chi connectivity index (χ4v) is 4.74. The first-order chi connectivity index (χ1) is 16.2. The Morgan fingerprint density at radius 2 is 2.00 bits per heavy atom. The molecule has 1 atom stereocenters. The van der Waals surface area contributed by atoms with E-state index in [2.05, 4.69) is 21.4 Å². The summed E-state index contributed by atoms with van der Waals surface area (Å²) in [5.41, 5.74) is 1.74. The summed E-state index contributed by atoms with van der Waals surface area (Å²) in [4.78, 5) is 23.7. The van der Waals surface area contributed by atoms with Crippen LogP contribution in [0.15, 0.2) is 42.5 Å². The zero-order chi connectivity index (χ0) is 24.3. The van der Waals surface area contributed by atoms with Crippen LogP contribution in [0, 0.1) is 18.3 Å². The number of aryl methyl sites for hydroxylation is 1. The molecule has 0 saturated carbocycles. The van der Waals surface area contributed by atoms with E-state index in [4.69, 9.17) is 5.26 Å². The van der Waals surface area contributed by atoms with Gasteiger partial charge in [-0.2, -0.15) is 18.4 Å². The number of rotatable bonds is 6. The van der Waals surface area contributed by atoms with Crippen LogP contribution in [0.25, 0.3) is 10.6 Å². The molecule has 4 rings (SSSR count). The number of amides is 1. The van der Waals surface area contributed by atoms with Crippen molar-refractivity contribution >= 4 is 23.1 Å². The van der Waals surface area contributed by atoms with E-state index in [1.54, 1.807) is 23.1 Å². The van der Waals surface area contributed by atoms with Gasteiger partial charge < -0.3 is 10.2 Å². The van der Waals surface area contributed by atoms with Crippen molar-refractivity contribution in [2.45, 2.75) is 38.4 Å². The second-order valence-corrected chi connectivity index (χ2v) is 9.33. The smallest absolute Gasteiger partial charge is 0.354 e. The SMILES string of the molecule is Cc1ccc(-c2cc(N3CCCC3C(=O)NCCc3ccc(C#N)cc3)nc(C(F)(F)F)n2)s1. The van der Waals surface area contributed by atoms with Gasteiger partial charge in [-0.15, -0.1) is 11.3 Å². The topological polar surface area (TPSA) is 81.9 Å². The average molecular weight is 486 g/mol. The monoisotopic (exact) mass is 485 g/mol. The van der Waals surface area contributed by atoms with E-state index in [0.717, 1.165) is 10.4 Å². The molecular formula is C24H22F3N5OS. The Hall–Kier alpha value is -3.45. The van der Waals surface area contributed by atoms with Crippen LogP contribution >= 0.6 is 11.3 Å². The van der Waals surface area contributed by atoms with Gasteiger partial charge >= 0.3 is 6.18 Å². The van der Waals surface area contributed by atoms with Crippen molar-refractivity contribution in [1.29, 1.82) is 5.26 Å². The number of carbonyl (C=O) groups is 1. The summed E-state index contributed by atoms with van der Waals surface area (Å²) in [6.45, 7) is 2.69. The van der Waals surface area contributed by atoms with Gasteiger partial charge in [0.2, 0.25) is 11.7 Å². The standard InChI is InChI=1S/C24H22F3N5OS/c1-15-4-9-20(34-15)18-13-21(31-23(30-18)24(25,26)27)32-12-2-3-19(32)22(33)29-11-10-16-5-7-17(14-28)8-6-16/h4-9,13,19H,2-3,10-12H2,1H3,(H,29,33). The van der Waals surface area contributed by atoms with E-state index < -0.39 is 18.0 Å². The zero-order valence-corrected chi connectivity index (χ0v) is 19.2. The number of thiophene rings is 1. The van der Waals surface area contributed by atoms with E-state index in [1.165, 1.54) is 17.4 Å². The predicted molar refractivity (Wildman–Crippen MR) is 123 cm³/mol. The molecule has 1 aromatic carbocycles. The highest BCUT2D eigenvalue weighted by Crippen LogP contribution is 2.35. The maximum atomic E-state index is 13.5. The van der Waals surface area contributed by atoms with Gasteiger partial charge in [0.05, 0.1) is 22.2 Å². The molecule has 0 spiro atoms. The Morgan fingerprint density at radius 1 is 1.24 bits per heavy atom. The largest absolute Gasteiger partial charge is 0.451 e. The van der Waals surface area contributed by atoms with Gasteiger partial charge in [0.15, 0.2) is 0 Å². The Bertz CT molecular complexity index is 1220. The maximum absolute atomic E-state index is 13.5. The number of hydrogen-bond acceptors (Lipinski definition) is 6. The summed E-state index contributed by atoms with van der Waals surface area (Å²) in [5.74, 6) is -1.35. The number of nitrogens with zero attached hydrogens (tertiary/aromatic N) is 4. The lowest BCUT2D eigenvalue weighted by Gasteiger charge is -2.26. The van der Waals surface area contributed by atoms with Gasteiger partial charge in [0.1, 0.15) is 11.9 Å². The first-order valence-corrected chi connectivity index (χ1v) is 11.6. The third-order valence-electron chi connectivity index (χ3n) is 5.60. The third-order valence-corrected chi connectivity index (χ3v) is 6.63. The summed E-state index contributed by atoms with van der Waals surface area (Å²) in [5, 5.41) is 11.8. The highest BCUT2D eigenvalue weighted by atomic mass is 32.1. The first-order valence-electron chi connectivity index (χ1n) is 10.8. The lowest BCUT2D eigenvalue weighted by Crippen LogP contribution is -2.44. The molecule has 6 nitrogen and oxygen atoms in total. The summed E-state index contributed by atoms with van der Waals surface area (Å²) >= 11 is 1.36. The molecule has 0 bridgehead atoms. The van der Waals surface area contributed by atoms with E-state index >= 15 is 0 Å². The molecule has 3 aromatic rings. The first kappa shape index (κ1) is 23.7. The molecule has 176 valence electrons. The van der Waals surface area contributed by atoms with Crippen molar-refractivity contribution in [3.63, 3.8) is 0 Å².